The third kappa shape index (κ3) is 4.18. The number of aliphatic hydroxyl groups excluding tert-OH is 1. The van der Waals surface area contributed by atoms with Gasteiger partial charge in [-0.25, -0.2) is 0 Å². The summed E-state index contributed by atoms with van der Waals surface area (Å²) >= 11 is 0. The molecule has 90 valence electrons. The van der Waals surface area contributed by atoms with E-state index in [1.807, 2.05) is 20.8 Å². The van der Waals surface area contributed by atoms with Crippen LogP contribution >= 0.6 is 0 Å². The highest BCUT2D eigenvalue weighted by Gasteiger charge is 2.28. The smallest absolute Gasteiger partial charge is 0.237 e. The van der Waals surface area contributed by atoms with E-state index in [4.69, 9.17) is 5.73 Å². The molecule has 15 heavy (non-hydrogen) atoms. The zero-order chi connectivity index (χ0) is 11.9. The number of rotatable bonds is 7. The van der Waals surface area contributed by atoms with Crippen LogP contribution in [0, 0.1) is 0 Å². The predicted molar refractivity (Wildman–Crippen MR) is 61.4 cm³/mol. The lowest BCUT2D eigenvalue weighted by Gasteiger charge is -2.31. The lowest BCUT2D eigenvalue weighted by Crippen LogP contribution is -2.55. The van der Waals surface area contributed by atoms with Gasteiger partial charge in [0.15, 0.2) is 0 Å². The van der Waals surface area contributed by atoms with Crippen molar-refractivity contribution in [2.24, 2.45) is 5.73 Å². The normalized spacial score (nSPS) is 13.7. The number of amides is 1. The fourth-order valence-corrected chi connectivity index (χ4v) is 1.49. The summed E-state index contributed by atoms with van der Waals surface area (Å²) in [5, 5.41) is 12.1. The van der Waals surface area contributed by atoms with Gasteiger partial charge in [-0.1, -0.05) is 27.2 Å². The van der Waals surface area contributed by atoms with E-state index in [1.54, 1.807) is 0 Å². The first-order valence-electron chi connectivity index (χ1n) is 5.73. The molecule has 0 aliphatic carbocycles. The molecule has 0 fully saturated rings. The zero-order valence-corrected chi connectivity index (χ0v) is 10.0. The van der Waals surface area contributed by atoms with E-state index in [2.05, 4.69) is 5.32 Å². The molecule has 0 spiro atoms. The Morgan fingerprint density at radius 3 is 2.27 bits per heavy atom. The number of carbonyl (C=O) groups excluding carboxylic acids is 1. The molecule has 0 aromatic heterocycles. The van der Waals surface area contributed by atoms with E-state index >= 15 is 0 Å². The maximum absolute atomic E-state index is 11.7. The van der Waals surface area contributed by atoms with E-state index in [1.165, 1.54) is 0 Å². The van der Waals surface area contributed by atoms with Crippen LogP contribution in [0.4, 0.5) is 0 Å². The van der Waals surface area contributed by atoms with Gasteiger partial charge in [-0.3, -0.25) is 4.79 Å². The van der Waals surface area contributed by atoms with Crippen LogP contribution in [-0.2, 0) is 4.79 Å². The van der Waals surface area contributed by atoms with Gasteiger partial charge in [0.05, 0.1) is 18.2 Å². The largest absolute Gasteiger partial charge is 0.394 e. The van der Waals surface area contributed by atoms with Gasteiger partial charge < -0.3 is 16.2 Å². The lowest BCUT2D eigenvalue weighted by atomic mass is 9.93. The van der Waals surface area contributed by atoms with Crippen LogP contribution in [-0.4, -0.2) is 29.2 Å². The number of aliphatic hydroxyl groups is 1. The predicted octanol–water partition coefficient (Wildman–Crippen LogP) is 0.781. The Morgan fingerprint density at radius 2 is 1.93 bits per heavy atom. The molecule has 0 bridgehead atoms. The van der Waals surface area contributed by atoms with Crippen molar-refractivity contribution >= 4 is 5.91 Å². The highest BCUT2D eigenvalue weighted by molar-refractivity contribution is 5.82. The third-order valence-corrected chi connectivity index (χ3v) is 2.98. The van der Waals surface area contributed by atoms with Crippen molar-refractivity contribution in [2.45, 2.75) is 58.0 Å². The highest BCUT2D eigenvalue weighted by Crippen LogP contribution is 2.14. The van der Waals surface area contributed by atoms with E-state index in [-0.39, 0.29) is 12.5 Å². The second-order valence-electron chi connectivity index (χ2n) is 4.03. The van der Waals surface area contributed by atoms with Gasteiger partial charge in [0.25, 0.3) is 0 Å². The maximum Gasteiger partial charge on any atom is 0.237 e. The fraction of sp³-hybridized carbons (Fsp3) is 0.909. The number of hydrogen-bond donors (Lipinski definition) is 3. The zero-order valence-electron chi connectivity index (χ0n) is 10.0. The van der Waals surface area contributed by atoms with E-state index in [9.17, 15) is 9.90 Å². The molecule has 4 N–H and O–H groups in total. The second kappa shape index (κ2) is 6.80. The average Bonchev–Trinajstić information content (AvgIpc) is 2.26. The summed E-state index contributed by atoms with van der Waals surface area (Å²) in [4.78, 5) is 11.7. The SMILES string of the molecule is CCCC(N)C(=O)NC(CC)(CC)CO. The first-order chi connectivity index (χ1) is 7.05. The Kier molecular flexibility index (Phi) is 6.52. The summed E-state index contributed by atoms with van der Waals surface area (Å²) in [5.74, 6) is -0.158. The molecule has 1 atom stereocenters. The van der Waals surface area contributed by atoms with Crippen molar-refractivity contribution in [3.05, 3.63) is 0 Å². The standard InChI is InChI=1S/C11H24N2O2/c1-4-7-9(12)10(15)13-11(5-2,6-3)8-14/h9,14H,4-8,12H2,1-3H3,(H,13,15). The summed E-state index contributed by atoms with van der Waals surface area (Å²) in [6, 6.07) is -0.459. The van der Waals surface area contributed by atoms with Crippen molar-refractivity contribution in [1.82, 2.24) is 5.32 Å². The molecule has 4 nitrogen and oxygen atoms in total. The quantitative estimate of drug-likeness (QED) is 0.588. The molecule has 1 amide bonds. The minimum absolute atomic E-state index is 0.0371. The summed E-state index contributed by atoms with van der Waals surface area (Å²) in [5.41, 5.74) is 5.21. The van der Waals surface area contributed by atoms with Gasteiger partial charge in [0.2, 0.25) is 5.91 Å². The fourth-order valence-electron chi connectivity index (χ4n) is 1.49. The summed E-state index contributed by atoms with van der Waals surface area (Å²) < 4.78 is 0. The van der Waals surface area contributed by atoms with Crippen LogP contribution in [0.15, 0.2) is 0 Å². The van der Waals surface area contributed by atoms with Gasteiger partial charge >= 0.3 is 0 Å². The van der Waals surface area contributed by atoms with E-state index in [0.29, 0.717) is 19.3 Å². The maximum atomic E-state index is 11.7. The van der Waals surface area contributed by atoms with Crippen molar-refractivity contribution in [3.63, 3.8) is 0 Å². The monoisotopic (exact) mass is 216 g/mol. The van der Waals surface area contributed by atoms with Crippen LogP contribution in [0.3, 0.4) is 0 Å². The molecule has 0 rings (SSSR count). The third-order valence-electron chi connectivity index (χ3n) is 2.98. The van der Waals surface area contributed by atoms with Crippen LogP contribution in [0.5, 0.6) is 0 Å². The number of nitrogens with two attached hydrogens (primary N) is 1. The summed E-state index contributed by atoms with van der Waals surface area (Å²) in [7, 11) is 0. The summed E-state index contributed by atoms with van der Waals surface area (Å²) in [6.45, 7) is 5.85. The van der Waals surface area contributed by atoms with Crippen LogP contribution in [0.1, 0.15) is 46.5 Å². The molecular formula is C11H24N2O2. The molecule has 0 aromatic carbocycles. The Bertz CT molecular complexity index is 183. The minimum Gasteiger partial charge on any atom is -0.394 e. The minimum atomic E-state index is -0.498. The molecule has 0 heterocycles. The summed E-state index contributed by atoms with van der Waals surface area (Å²) in [6.07, 6.45) is 2.99. The Balaban J connectivity index is 4.34. The Hall–Kier alpha value is -0.610. The van der Waals surface area contributed by atoms with Crippen LogP contribution in [0.2, 0.25) is 0 Å². The molecule has 4 heteroatoms. The van der Waals surface area contributed by atoms with Crippen molar-refractivity contribution < 1.29 is 9.90 Å². The van der Waals surface area contributed by atoms with Gasteiger partial charge in [0, 0.05) is 0 Å². The Labute approximate surface area is 92.2 Å². The molecule has 0 radical (unpaired) electrons. The van der Waals surface area contributed by atoms with Gasteiger partial charge in [-0.15, -0.1) is 0 Å². The van der Waals surface area contributed by atoms with Gasteiger partial charge in [0.1, 0.15) is 0 Å². The number of nitrogens with one attached hydrogen (secondary N) is 1. The molecular weight excluding hydrogens is 192 g/mol. The van der Waals surface area contributed by atoms with Crippen LogP contribution in [0.25, 0.3) is 0 Å². The van der Waals surface area contributed by atoms with Gasteiger partial charge in [-0.05, 0) is 19.3 Å². The second-order valence-corrected chi connectivity index (χ2v) is 4.03. The first-order valence-corrected chi connectivity index (χ1v) is 5.73. The lowest BCUT2D eigenvalue weighted by molar-refractivity contribution is -0.125. The first kappa shape index (κ1) is 14.4. The molecule has 0 aliphatic rings. The average molecular weight is 216 g/mol. The highest BCUT2D eigenvalue weighted by atomic mass is 16.3. The van der Waals surface area contributed by atoms with E-state index in [0.717, 1.165) is 6.42 Å². The van der Waals surface area contributed by atoms with Crippen molar-refractivity contribution in [3.8, 4) is 0 Å². The van der Waals surface area contributed by atoms with Crippen molar-refractivity contribution in [2.75, 3.05) is 6.61 Å². The number of hydrogen-bond acceptors (Lipinski definition) is 3. The van der Waals surface area contributed by atoms with E-state index < -0.39 is 11.6 Å². The van der Waals surface area contributed by atoms with Crippen molar-refractivity contribution in [1.29, 1.82) is 0 Å². The Morgan fingerprint density at radius 1 is 1.40 bits per heavy atom. The molecule has 0 saturated heterocycles. The number of carbonyl (C=O) groups is 1. The topological polar surface area (TPSA) is 75.4 Å². The molecule has 0 saturated carbocycles. The van der Waals surface area contributed by atoms with Gasteiger partial charge in [-0.2, -0.15) is 0 Å². The van der Waals surface area contributed by atoms with Crippen LogP contribution < -0.4 is 11.1 Å². The molecule has 1 unspecified atom stereocenters. The molecule has 0 aliphatic heterocycles. The molecule has 0 aromatic rings.